The number of carbonyl (C=O) groups excluding carboxylic acids is 1. The first-order valence-electron chi connectivity index (χ1n) is 9.43. The Kier molecular flexibility index (Phi) is 6.54. The largest absolute Gasteiger partial charge is 0.421 e. The Balaban J connectivity index is 1.54. The summed E-state index contributed by atoms with van der Waals surface area (Å²) in [5.41, 5.74) is 4.49. The van der Waals surface area contributed by atoms with Gasteiger partial charge in [-0.3, -0.25) is 4.98 Å². The highest BCUT2D eigenvalue weighted by Gasteiger charge is 2.09. The van der Waals surface area contributed by atoms with Gasteiger partial charge in [-0.1, -0.05) is 37.6 Å². The van der Waals surface area contributed by atoms with E-state index in [2.05, 4.69) is 18.0 Å². The van der Waals surface area contributed by atoms with Crippen LogP contribution in [0.5, 0.6) is 5.75 Å². The van der Waals surface area contributed by atoms with Gasteiger partial charge in [0.2, 0.25) is 0 Å². The first-order chi connectivity index (χ1) is 13.7. The molecule has 3 aromatic rings. The summed E-state index contributed by atoms with van der Waals surface area (Å²) in [5.74, 6) is 0.0555. The summed E-state index contributed by atoms with van der Waals surface area (Å²) in [7, 11) is 0. The quantitative estimate of drug-likeness (QED) is 0.554. The minimum atomic E-state index is -0.379. The van der Waals surface area contributed by atoms with Crippen LogP contribution in [0.25, 0.3) is 0 Å². The molecule has 0 saturated heterocycles. The summed E-state index contributed by atoms with van der Waals surface area (Å²) in [6.07, 6.45) is 5.27. The van der Waals surface area contributed by atoms with Crippen LogP contribution in [0, 0.1) is 11.3 Å². The van der Waals surface area contributed by atoms with Crippen LogP contribution in [0.15, 0.2) is 66.9 Å². The highest BCUT2D eigenvalue weighted by molar-refractivity contribution is 5.91. The van der Waals surface area contributed by atoms with Gasteiger partial charge in [-0.15, -0.1) is 0 Å². The smallest absolute Gasteiger partial charge is 0.343 e. The van der Waals surface area contributed by atoms with Crippen molar-refractivity contribution >= 4 is 5.97 Å². The lowest BCUT2D eigenvalue weighted by atomic mass is 10.1. The monoisotopic (exact) mass is 370 g/mol. The van der Waals surface area contributed by atoms with Crippen molar-refractivity contribution in [2.75, 3.05) is 0 Å². The van der Waals surface area contributed by atoms with Crippen LogP contribution in [0.4, 0.5) is 0 Å². The molecule has 0 aliphatic rings. The molecule has 0 aliphatic heterocycles. The van der Waals surface area contributed by atoms with Crippen molar-refractivity contribution in [1.29, 1.82) is 5.26 Å². The predicted octanol–water partition coefficient (Wildman–Crippen LogP) is 4.91. The van der Waals surface area contributed by atoms with Crippen LogP contribution >= 0.6 is 0 Å². The SMILES string of the molecule is CCCc1ccc(C(=O)Oc2ccc(CCc3ccc(C#N)cc3)nc2)cc1. The average Bonchev–Trinajstić information content (AvgIpc) is 2.74. The summed E-state index contributed by atoms with van der Waals surface area (Å²) in [5, 5.41) is 8.84. The molecule has 140 valence electrons. The maximum Gasteiger partial charge on any atom is 0.343 e. The third-order valence-electron chi connectivity index (χ3n) is 4.49. The van der Waals surface area contributed by atoms with E-state index in [1.807, 2.05) is 42.5 Å². The second-order valence-electron chi connectivity index (χ2n) is 6.63. The molecule has 0 aliphatic carbocycles. The molecule has 0 unspecified atom stereocenters. The number of rotatable bonds is 7. The number of benzene rings is 2. The number of nitrogens with zero attached hydrogens (tertiary/aromatic N) is 2. The molecule has 0 radical (unpaired) electrons. The van der Waals surface area contributed by atoms with E-state index in [1.165, 1.54) is 5.56 Å². The van der Waals surface area contributed by atoms with E-state index in [0.717, 1.165) is 36.9 Å². The van der Waals surface area contributed by atoms with Crippen LogP contribution in [-0.2, 0) is 19.3 Å². The van der Waals surface area contributed by atoms with Gasteiger partial charge in [0, 0.05) is 5.69 Å². The Morgan fingerprint density at radius 1 is 0.929 bits per heavy atom. The number of nitriles is 1. The summed E-state index contributed by atoms with van der Waals surface area (Å²) in [4.78, 5) is 16.6. The maximum absolute atomic E-state index is 12.3. The fraction of sp³-hybridized carbons (Fsp3) is 0.208. The highest BCUT2D eigenvalue weighted by Crippen LogP contribution is 2.15. The average molecular weight is 370 g/mol. The molecule has 1 aromatic heterocycles. The van der Waals surface area contributed by atoms with E-state index in [1.54, 1.807) is 24.4 Å². The molecular weight excluding hydrogens is 348 g/mol. The van der Waals surface area contributed by atoms with Gasteiger partial charge in [0.25, 0.3) is 0 Å². The lowest BCUT2D eigenvalue weighted by Crippen LogP contribution is -2.09. The molecule has 0 N–H and O–H groups in total. The molecule has 4 nitrogen and oxygen atoms in total. The number of aromatic nitrogens is 1. The Labute approximate surface area is 165 Å². The number of hydrogen-bond donors (Lipinski definition) is 0. The second-order valence-corrected chi connectivity index (χ2v) is 6.63. The third-order valence-corrected chi connectivity index (χ3v) is 4.49. The fourth-order valence-corrected chi connectivity index (χ4v) is 2.90. The number of ether oxygens (including phenoxy) is 1. The Bertz CT molecular complexity index is 953. The summed E-state index contributed by atoms with van der Waals surface area (Å²) >= 11 is 0. The van der Waals surface area contributed by atoms with E-state index in [9.17, 15) is 4.79 Å². The first-order valence-corrected chi connectivity index (χ1v) is 9.43. The van der Waals surface area contributed by atoms with Crippen LogP contribution in [0.3, 0.4) is 0 Å². The van der Waals surface area contributed by atoms with Crippen molar-refractivity contribution in [3.05, 3.63) is 94.8 Å². The van der Waals surface area contributed by atoms with Crippen molar-refractivity contribution in [2.24, 2.45) is 0 Å². The minimum Gasteiger partial charge on any atom is -0.421 e. The van der Waals surface area contributed by atoms with Crippen molar-refractivity contribution in [2.45, 2.75) is 32.6 Å². The van der Waals surface area contributed by atoms with Gasteiger partial charge >= 0.3 is 5.97 Å². The van der Waals surface area contributed by atoms with Gasteiger partial charge in [-0.2, -0.15) is 5.26 Å². The first kappa shape index (κ1) is 19.3. The zero-order chi connectivity index (χ0) is 19.8. The van der Waals surface area contributed by atoms with Crippen molar-refractivity contribution in [3.63, 3.8) is 0 Å². The lowest BCUT2D eigenvalue weighted by molar-refractivity contribution is 0.0734. The van der Waals surface area contributed by atoms with Crippen molar-refractivity contribution in [3.8, 4) is 11.8 Å². The molecule has 1 heterocycles. The van der Waals surface area contributed by atoms with Gasteiger partial charge in [-0.25, -0.2) is 4.79 Å². The van der Waals surface area contributed by atoms with Crippen LogP contribution < -0.4 is 4.74 Å². The van der Waals surface area contributed by atoms with E-state index in [0.29, 0.717) is 16.9 Å². The van der Waals surface area contributed by atoms with Crippen LogP contribution in [-0.4, -0.2) is 11.0 Å². The Morgan fingerprint density at radius 2 is 1.61 bits per heavy atom. The second kappa shape index (κ2) is 9.48. The molecule has 0 amide bonds. The number of esters is 1. The van der Waals surface area contributed by atoms with E-state index < -0.39 is 0 Å². The molecule has 0 bridgehead atoms. The Morgan fingerprint density at radius 3 is 2.21 bits per heavy atom. The zero-order valence-corrected chi connectivity index (χ0v) is 15.9. The molecule has 3 rings (SSSR count). The normalized spacial score (nSPS) is 10.3. The molecule has 0 saturated carbocycles. The van der Waals surface area contributed by atoms with Crippen LogP contribution in [0.2, 0.25) is 0 Å². The van der Waals surface area contributed by atoms with E-state index in [4.69, 9.17) is 10.00 Å². The van der Waals surface area contributed by atoms with Crippen molar-refractivity contribution in [1.82, 2.24) is 4.98 Å². The topological polar surface area (TPSA) is 63.0 Å². The fourth-order valence-electron chi connectivity index (χ4n) is 2.90. The number of aryl methyl sites for hydroxylation is 3. The van der Waals surface area contributed by atoms with Gasteiger partial charge in [-0.05, 0) is 66.8 Å². The molecule has 0 fully saturated rings. The molecule has 28 heavy (non-hydrogen) atoms. The lowest BCUT2D eigenvalue weighted by Gasteiger charge is -2.06. The van der Waals surface area contributed by atoms with Crippen LogP contribution in [0.1, 0.15) is 46.1 Å². The third kappa shape index (κ3) is 5.28. The zero-order valence-electron chi connectivity index (χ0n) is 15.9. The minimum absolute atomic E-state index is 0.379. The Hall–Kier alpha value is -3.45. The molecule has 4 heteroatoms. The van der Waals surface area contributed by atoms with Gasteiger partial charge in [0.1, 0.15) is 5.75 Å². The number of hydrogen-bond acceptors (Lipinski definition) is 4. The summed E-state index contributed by atoms with van der Waals surface area (Å²) in [6.45, 7) is 2.13. The molecule has 0 atom stereocenters. The maximum atomic E-state index is 12.3. The van der Waals surface area contributed by atoms with Gasteiger partial charge in [0.15, 0.2) is 0 Å². The number of pyridine rings is 1. The van der Waals surface area contributed by atoms with E-state index >= 15 is 0 Å². The highest BCUT2D eigenvalue weighted by atomic mass is 16.5. The summed E-state index contributed by atoms with van der Waals surface area (Å²) in [6, 6.07) is 20.8. The standard InChI is InChI=1S/C24H22N2O2/c1-2-3-18-8-11-21(12-9-18)24(27)28-23-15-14-22(26-17-23)13-10-19-4-6-20(16-25)7-5-19/h4-9,11-12,14-15,17H,2-3,10,13H2,1H3. The predicted molar refractivity (Wildman–Crippen MR) is 108 cm³/mol. The molecular formula is C24H22N2O2. The number of carbonyl (C=O) groups is 1. The van der Waals surface area contributed by atoms with Gasteiger partial charge < -0.3 is 4.74 Å². The van der Waals surface area contributed by atoms with Crippen molar-refractivity contribution < 1.29 is 9.53 Å². The van der Waals surface area contributed by atoms with Gasteiger partial charge in [0.05, 0.1) is 23.4 Å². The molecule has 0 spiro atoms. The summed E-state index contributed by atoms with van der Waals surface area (Å²) < 4.78 is 5.41. The molecule has 2 aromatic carbocycles. The van der Waals surface area contributed by atoms with E-state index in [-0.39, 0.29) is 5.97 Å².